The van der Waals surface area contributed by atoms with E-state index in [-0.39, 0.29) is 11.6 Å². The highest BCUT2D eigenvalue weighted by molar-refractivity contribution is 6.74. The lowest BCUT2D eigenvalue weighted by Crippen LogP contribution is -2.59. The highest BCUT2D eigenvalue weighted by Gasteiger charge is 2.45. The van der Waals surface area contributed by atoms with Crippen LogP contribution in [0, 0.1) is 0 Å². The van der Waals surface area contributed by atoms with E-state index in [1.807, 2.05) is 0 Å². The van der Waals surface area contributed by atoms with Crippen molar-refractivity contribution in [1.82, 2.24) is 0 Å². The van der Waals surface area contributed by atoms with Crippen molar-refractivity contribution in [3.63, 3.8) is 0 Å². The predicted molar refractivity (Wildman–Crippen MR) is 72.0 cm³/mol. The molecule has 1 fully saturated rings. The van der Waals surface area contributed by atoms with Crippen molar-refractivity contribution in [1.29, 1.82) is 0 Å². The number of aliphatic hydroxyl groups excluding tert-OH is 4. The van der Waals surface area contributed by atoms with Crippen LogP contribution in [0.1, 0.15) is 20.8 Å². The molecule has 19 heavy (non-hydrogen) atoms. The first-order valence-corrected chi connectivity index (χ1v) is 9.40. The summed E-state index contributed by atoms with van der Waals surface area (Å²) in [6.07, 6.45) is -6.56. The molecule has 0 bridgehead atoms. The van der Waals surface area contributed by atoms with Gasteiger partial charge < -0.3 is 29.6 Å². The van der Waals surface area contributed by atoms with Gasteiger partial charge in [0.25, 0.3) is 0 Å². The van der Waals surface area contributed by atoms with E-state index < -0.39 is 39.0 Å². The van der Waals surface area contributed by atoms with Crippen LogP contribution in [-0.4, -0.2) is 66.1 Å². The van der Waals surface area contributed by atoms with Crippen LogP contribution in [0.2, 0.25) is 18.1 Å². The van der Waals surface area contributed by atoms with Crippen molar-refractivity contribution in [3.8, 4) is 0 Å². The molecule has 1 saturated heterocycles. The van der Waals surface area contributed by atoms with Crippen LogP contribution in [0.4, 0.5) is 0 Å². The minimum absolute atomic E-state index is 0.0172. The lowest BCUT2D eigenvalue weighted by molar-refractivity contribution is -0.285. The Bertz CT molecular complexity index is 303. The van der Waals surface area contributed by atoms with E-state index in [0.29, 0.717) is 0 Å². The summed E-state index contributed by atoms with van der Waals surface area (Å²) in [6, 6.07) is 0. The Morgan fingerprint density at radius 3 is 2.00 bits per heavy atom. The van der Waals surface area contributed by atoms with Gasteiger partial charge in [0.1, 0.15) is 24.4 Å². The summed E-state index contributed by atoms with van der Waals surface area (Å²) < 4.78 is 11.0. The molecule has 1 rings (SSSR count). The molecule has 5 atom stereocenters. The van der Waals surface area contributed by atoms with Crippen molar-refractivity contribution in [3.05, 3.63) is 0 Å². The highest BCUT2D eigenvalue weighted by atomic mass is 28.4. The Labute approximate surface area is 115 Å². The van der Waals surface area contributed by atoms with Gasteiger partial charge in [-0.1, -0.05) is 20.8 Å². The molecule has 6 nitrogen and oxygen atoms in total. The molecule has 0 aromatic carbocycles. The number of ether oxygens (including phenoxy) is 1. The van der Waals surface area contributed by atoms with Crippen LogP contribution in [0.3, 0.4) is 0 Å². The third kappa shape index (κ3) is 3.75. The van der Waals surface area contributed by atoms with E-state index in [9.17, 15) is 20.4 Å². The second-order valence-electron chi connectivity index (χ2n) is 6.61. The van der Waals surface area contributed by atoms with Gasteiger partial charge in [-0.15, -0.1) is 0 Å². The summed E-state index contributed by atoms with van der Waals surface area (Å²) in [5.41, 5.74) is 0. The quantitative estimate of drug-likeness (QED) is 0.538. The molecule has 1 aliphatic heterocycles. The Morgan fingerprint density at radius 2 is 1.53 bits per heavy atom. The Morgan fingerprint density at radius 1 is 1.00 bits per heavy atom. The van der Waals surface area contributed by atoms with Gasteiger partial charge in [0, 0.05) is 0 Å². The molecule has 1 aliphatic rings. The molecule has 0 aliphatic carbocycles. The first-order valence-electron chi connectivity index (χ1n) is 6.49. The topological polar surface area (TPSA) is 99.4 Å². The second kappa shape index (κ2) is 5.77. The SMILES string of the molecule is CC(C)(C)[Si](C)(C)OC[C@H]1O[C@H](O)C(O)C(O)C1O. The molecule has 7 heteroatoms. The van der Waals surface area contributed by atoms with Gasteiger partial charge in [-0.2, -0.15) is 0 Å². The van der Waals surface area contributed by atoms with Gasteiger partial charge in [0.15, 0.2) is 14.6 Å². The fraction of sp³-hybridized carbons (Fsp3) is 1.00. The van der Waals surface area contributed by atoms with Crippen molar-refractivity contribution < 1.29 is 29.6 Å². The lowest BCUT2D eigenvalue weighted by atomic mass is 10.00. The van der Waals surface area contributed by atoms with Crippen molar-refractivity contribution in [2.24, 2.45) is 0 Å². The van der Waals surface area contributed by atoms with Gasteiger partial charge in [0.05, 0.1) is 6.61 Å². The van der Waals surface area contributed by atoms with Crippen LogP contribution < -0.4 is 0 Å². The van der Waals surface area contributed by atoms with Gasteiger partial charge in [-0.25, -0.2) is 0 Å². The Kier molecular flexibility index (Phi) is 5.17. The minimum atomic E-state index is -2.00. The van der Waals surface area contributed by atoms with E-state index in [2.05, 4.69) is 33.9 Å². The molecular weight excluding hydrogens is 268 g/mol. The van der Waals surface area contributed by atoms with Crippen molar-refractivity contribution in [2.45, 2.75) is 69.6 Å². The van der Waals surface area contributed by atoms with E-state index in [4.69, 9.17) is 9.16 Å². The smallest absolute Gasteiger partial charge is 0.192 e. The monoisotopic (exact) mass is 294 g/mol. The molecule has 0 radical (unpaired) electrons. The van der Waals surface area contributed by atoms with Crippen LogP contribution in [0.25, 0.3) is 0 Å². The zero-order valence-electron chi connectivity index (χ0n) is 12.2. The fourth-order valence-electron chi connectivity index (χ4n) is 1.58. The zero-order chi connectivity index (χ0) is 15.0. The summed E-state index contributed by atoms with van der Waals surface area (Å²) in [6.45, 7) is 10.5. The second-order valence-corrected chi connectivity index (χ2v) is 11.4. The number of hydrogen-bond acceptors (Lipinski definition) is 6. The summed E-state index contributed by atoms with van der Waals surface area (Å²) in [7, 11) is -2.00. The molecule has 0 amide bonds. The Hall–Kier alpha value is -0.0231. The lowest BCUT2D eigenvalue weighted by Gasteiger charge is -2.41. The van der Waals surface area contributed by atoms with E-state index in [1.54, 1.807) is 0 Å². The number of hydrogen-bond donors (Lipinski definition) is 4. The van der Waals surface area contributed by atoms with Crippen molar-refractivity contribution >= 4 is 8.32 Å². The average Bonchev–Trinajstić information content (AvgIpc) is 2.28. The third-order valence-electron chi connectivity index (χ3n) is 4.10. The molecule has 3 unspecified atom stereocenters. The molecule has 4 N–H and O–H groups in total. The highest BCUT2D eigenvalue weighted by Crippen LogP contribution is 2.37. The van der Waals surface area contributed by atoms with Crippen LogP contribution in [-0.2, 0) is 9.16 Å². The molecule has 1 heterocycles. The number of aliphatic hydroxyl groups is 4. The zero-order valence-corrected chi connectivity index (χ0v) is 13.2. The standard InChI is InChI=1S/C12H26O6Si/c1-12(2,3)19(4,5)17-6-7-8(13)9(14)10(15)11(16)18-7/h7-11,13-16H,6H2,1-5H3/t7-,8?,9?,10?,11+/m1/s1. The molecule has 0 aromatic rings. The van der Waals surface area contributed by atoms with E-state index in [1.165, 1.54) is 0 Å². The number of rotatable bonds is 3. The average molecular weight is 294 g/mol. The molecule has 0 saturated carbocycles. The summed E-state index contributed by atoms with van der Waals surface area (Å²) >= 11 is 0. The maximum atomic E-state index is 9.81. The van der Waals surface area contributed by atoms with Gasteiger partial charge in [0.2, 0.25) is 0 Å². The first kappa shape index (κ1) is 17.0. The Balaban J connectivity index is 2.63. The normalized spacial score (nSPS) is 37.4. The van der Waals surface area contributed by atoms with Gasteiger partial charge in [-0.3, -0.25) is 0 Å². The molecular formula is C12H26O6Si. The minimum Gasteiger partial charge on any atom is -0.414 e. The largest absolute Gasteiger partial charge is 0.414 e. The van der Waals surface area contributed by atoms with Crippen molar-refractivity contribution in [2.75, 3.05) is 6.61 Å². The predicted octanol–water partition coefficient (Wildman–Crippen LogP) is -0.192. The van der Waals surface area contributed by atoms with Gasteiger partial charge >= 0.3 is 0 Å². The van der Waals surface area contributed by atoms with Crippen LogP contribution in [0.5, 0.6) is 0 Å². The maximum Gasteiger partial charge on any atom is 0.192 e. The maximum absolute atomic E-state index is 9.81. The van der Waals surface area contributed by atoms with E-state index in [0.717, 1.165) is 0 Å². The first-order chi connectivity index (χ1) is 8.47. The fourth-order valence-corrected chi connectivity index (χ4v) is 2.59. The molecule has 114 valence electrons. The van der Waals surface area contributed by atoms with Crippen LogP contribution in [0.15, 0.2) is 0 Å². The van der Waals surface area contributed by atoms with Gasteiger partial charge in [-0.05, 0) is 18.1 Å². The summed E-state index contributed by atoms with van der Waals surface area (Å²) in [5, 5.41) is 38.2. The molecule has 0 spiro atoms. The van der Waals surface area contributed by atoms with Crippen LogP contribution >= 0.6 is 0 Å². The summed E-state index contributed by atoms with van der Waals surface area (Å²) in [5.74, 6) is 0. The molecule has 0 aromatic heterocycles. The summed E-state index contributed by atoms with van der Waals surface area (Å²) in [4.78, 5) is 0. The van der Waals surface area contributed by atoms with E-state index >= 15 is 0 Å². The third-order valence-corrected chi connectivity index (χ3v) is 8.60.